The zero-order chi connectivity index (χ0) is 15.8. The summed E-state index contributed by atoms with van der Waals surface area (Å²) in [5.74, 6) is 1.36. The third-order valence-electron chi connectivity index (χ3n) is 3.58. The van der Waals surface area contributed by atoms with Gasteiger partial charge in [-0.3, -0.25) is 0 Å². The van der Waals surface area contributed by atoms with Crippen LogP contribution >= 0.6 is 24.0 Å². The Balaban J connectivity index is 0.00000264. The number of aliphatic imine (C=N–C) groups is 1. The molecule has 6 heteroatoms. The fourth-order valence-corrected chi connectivity index (χ4v) is 2.32. The number of rotatable bonds is 7. The molecule has 2 aromatic rings. The van der Waals surface area contributed by atoms with Crippen LogP contribution in [0.1, 0.15) is 36.4 Å². The number of hydrogen-bond acceptors (Lipinski definition) is 3. The van der Waals surface area contributed by atoms with Gasteiger partial charge in [-0.2, -0.15) is 0 Å². The quantitative estimate of drug-likeness (QED) is 0.404. The number of guanidine groups is 1. The lowest BCUT2D eigenvalue weighted by molar-refractivity contribution is 0.380. The Bertz CT molecular complexity index is 589. The molecule has 0 saturated carbocycles. The molecule has 1 heterocycles. The van der Waals surface area contributed by atoms with Crippen LogP contribution in [-0.2, 0) is 25.8 Å². The lowest BCUT2D eigenvalue weighted by Crippen LogP contribution is -2.33. The van der Waals surface area contributed by atoms with E-state index >= 15 is 0 Å². The summed E-state index contributed by atoms with van der Waals surface area (Å²) in [5, 5.41) is 7.22. The summed E-state index contributed by atoms with van der Waals surface area (Å²) in [5.41, 5.74) is 9.24. The minimum atomic E-state index is 0. The number of nitrogens with one attached hydrogen (secondary N) is 1. The van der Waals surface area contributed by atoms with Crippen LogP contribution < -0.4 is 11.1 Å². The largest absolute Gasteiger partial charge is 0.370 e. The normalized spacial score (nSPS) is 11.1. The second-order valence-electron chi connectivity index (χ2n) is 5.10. The third-order valence-corrected chi connectivity index (χ3v) is 3.58. The molecule has 0 saturated heterocycles. The standard InChI is InChI=1S/C17H24N4O.HI/c1-3-15-14(16(4-2)22-21-15)12-20-17(18)19-11-10-13-8-6-5-7-9-13;/h5-9H,3-4,10-12H2,1-2H3,(H3,18,19,20);1H. The first-order valence-electron chi connectivity index (χ1n) is 7.78. The van der Waals surface area contributed by atoms with Gasteiger partial charge in [-0.15, -0.1) is 24.0 Å². The predicted molar refractivity (Wildman–Crippen MR) is 104 cm³/mol. The summed E-state index contributed by atoms with van der Waals surface area (Å²) in [6, 6.07) is 10.3. The van der Waals surface area contributed by atoms with Crippen LogP contribution in [0.15, 0.2) is 39.8 Å². The van der Waals surface area contributed by atoms with Gasteiger partial charge in [0.2, 0.25) is 0 Å². The molecule has 2 rings (SSSR count). The van der Waals surface area contributed by atoms with Crippen LogP contribution in [0, 0.1) is 0 Å². The highest BCUT2D eigenvalue weighted by molar-refractivity contribution is 14.0. The van der Waals surface area contributed by atoms with E-state index in [1.54, 1.807) is 0 Å². The highest BCUT2D eigenvalue weighted by Gasteiger charge is 2.12. The number of benzene rings is 1. The molecule has 126 valence electrons. The number of nitrogens with zero attached hydrogens (tertiary/aromatic N) is 2. The topological polar surface area (TPSA) is 76.4 Å². The summed E-state index contributed by atoms with van der Waals surface area (Å²) < 4.78 is 5.33. The van der Waals surface area contributed by atoms with Gasteiger partial charge in [0.1, 0.15) is 5.76 Å². The molecule has 1 aromatic heterocycles. The summed E-state index contributed by atoms with van der Waals surface area (Å²) in [7, 11) is 0. The minimum Gasteiger partial charge on any atom is -0.370 e. The van der Waals surface area contributed by atoms with E-state index in [-0.39, 0.29) is 24.0 Å². The maximum absolute atomic E-state index is 5.93. The van der Waals surface area contributed by atoms with E-state index < -0.39 is 0 Å². The van der Waals surface area contributed by atoms with Crippen molar-refractivity contribution < 1.29 is 4.52 Å². The van der Waals surface area contributed by atoms with Crippen LogP contribution in [0.25, 0.3) is 0 Å². The lowest BCUT2D eigenvalue weighted by atomic mass is 10.1. The van der Waals surface area contributed by atoms with E-state index in [1.165, 1.54) is 5.56 Å². The molecule has 0 aliphatic carbocycles. The number of aryl methyl sites for hydroxylation is 2. The number of halogens is 1. The Morgan fingerprint density at radius 1 is 1.22 bits per heavy atom. The van der Waals surface area contributed by atoms with E-state index in [4.69, 9.17) is 10.3 Å². The van der Waals surface area contributed by atoms with Crippen molar-refractivity contribution in [1.29, 1.82) is 0 Å². The Morgan fingerprint density at radius 3 is 2.61 bits per heavy atom. The molecule has 5 nitrogen and oxygen atoms in total. The molecule has 1 aromatic carbocycles. The van der Waals surface area contributed by atoms with Gasteiger partial charge in [-0.25, -0.2) is 4.99 Å². The third kappa shape index (κ3) is 5.85. The molecule has 0 radical (unpaired) electrons. The van der Waals surface area contributed by atoms with Crippen molar-refractivity contribution in [1.82, 2.24) is 10.5 Å². The molecular weight excluding hydrogens is 403 g/mol. The summed E-state index contributed by atoms with van der Waals surface area (Å²) in [6.07, 6.45) is 2.58. The smallest absolute Gasteiger partial charge is 0.188 e. The molecular formula is C17H25IN4O. The molecule has 0 aliphatic heterocycles. The molecule has 0 fully saturated rings. The molecule has 3 N–H and O–H groups in total. The van der Waals surface area contributed by atoms with Gasteiger partial charge < -0.3 is 15.6 Å². The predicted octanol–water partition coefficient (Wildman–Crippen LogP) is 3.06. The van der Waals surface area contributed by atoms with E-state index in [0.717, 1.165) is 42.8 Å². The Morgan fingerprint density at radius 2 is 1.96 bits per heavy atom. The highest BCUT2D eigenvalue weighted by atomic mass is 127. The molecule has 0 atom stereocenters. The number of aromatic nitrogens is 1. The first-order valence-corrected chi connectivity index (χ1v) is 7.78. The monoisotopic (exact) mass is 428 g/mol. The average molecular weight is 428 g/mol. The van der Waals surface area contributed by atoms with Crippen molar-refractivity contribution >= 4 is 29.9 Å². The Hall–Kier alpha value is -1.57. The van der Waals surface area contributed by atoms with Gasteiger partial charge >= 0.3 is 0 Å². The molecule has 23 heavy (non-hydrogen) atoms. The van der Waals surface area contributed by atoms with Crippen molar-refractivity contribution in [3.05, 3.63) is 52.9 Å². The van der Waals surface area contributed by atoms with Crippen LogP contribution in [-0.4, -0.2) is 17.7 Å². The van der Waals surface area contributed by atoms with E-state index in [1.807, 2.05) is 18.2 Å². The lowest BCUT2D eigenvalue weighted by Gasteiger charge is -2.06. The zero-order valence-electron chi connectivity index (χ0n) is 13.7. The molecule has 0 bridgehead atoms. The second kappa shape index (κ2) is 10.3. The summed E-state index contributed by atoms with van der Waals surface area (Å²) >= 11 is 0. The zero-order valence-corrected chi connectivity index (χ0v) is 16.0. The van der Waals surface area contributed by atoms with Gasteiger partial charge in [0.25, 0.3) is 0 Å². The molecule has 0 amide bonds. The van der Waals surface area contributed by atoms with Crippen molar-refractivity contribution in [3.63, 3.8) is 0 Å². The van der Waals surface area contributed by atoms with Crippen molar-refractivity contribution in [2.24, 2.45) is 10.7 Å². The van der Waals surface area contributed by atoms with E-state index in [2.05, 4.69) is 41.4 Å². The van der Waals surface area contributed by atoms with Gasteiger partial charge in [-0.05, 0) is 18.4 Å². The van der Waals surface area contributed by atoms with Crippen LogP contribution in [0.2, 0.25) is 0 Å². The summed E-state index contributed by atoms with van der Waals surface area (Å²) in [4.78, 5) is 4.40. The van der Waals surface area contributed by atoms with Crippen molar-refractivity contribution in [2.45, 2.75) is 39.7 Å². The highest BCUT2D eigenvalue weighted by Crippen LogP contribution is 2.16. The maximum Gasteiger partial charge on any atom is 0.188 e. The van der Waals surface area contributed by atoms with Gasteiger partial charge in [-0.1, -0.05) is 49.3 Å². The minimum absolute atomic E-state index is 0. The van der Waals surface area contributed by atoms with Crippen LogP contribution in [0.5, 0.6) is 0 Å². The van der Waals surface area contributed by atoms with Crippen LogP contribution in [0.4, 0.5) is 0 Å². The Labute approximate surface area is 154 Å². The first kappa shape index (κ1) is 19.5. The number of nitrogens with two attached hydrogens (primary N) is 1. The van der Waals surface area contributed by atoms with Crippen molar-refractivity contribution in [3.8, 4) is 0 Å². The fraction of sp³-hybridized carbons (Fsp3) is 0.412. The molecule has 0 aliphatic rings. The van der Waals surface area contributed by atoms with E-state index in [9.17, 15) is 0 Å². The summed E-state index contributed by atoms with van der Waals surface area (Å²) in [6.45, 7) is 5.39. The van der Waals surface area contributed by atoms with Gasteiger partial charge in [0.05, 0.1) is 12.2 Å². The Kier molecular flexibility index (Phi) is 8.68. The van der Waals surface area contributed by atoms with Crippen LogP contribution in [0.3, 0.4) is 0 Å². The fourth-order valence-electron chi connectivity index (χ4n) is 2.32. The maximum atomic E-state index is 5.93. The van der Waals surface area contributed by atoms with E-state index in [0.29, 0.717) is 12.5 Å². The molecule has 0 spiro atoms. The van der Waals surface area contributed by atoms with Gasteiger partial charge in [0, 0.05) is 18.5 Å². The van der Waals surface area contributed by atoms with Crippen molar-refractivity contribution in [2.75, 3.05) is 6.54 Å². The molecule has 0 unspecified atom stereocenters. The average Bonchev–Trinajstić information content (AvgIpc) is 2.96. The van der Waals surface area contributed by atoms with Gasteiger partial charge in [0.15, 0.2) is 5.96 Å². The SMILES string of the molecule is CCc1noc(CC)c1CN=C(N)NCCc1ccccc1.I. The second-order valence-corrected chi connectivity index (χ2v) is 5.10. The first-order chi connectivity index (χ1) is 10.7. The number of hydrogen-bond donors (Lipinski definition) is 2.